The molecule has 2 atom stereocenters. The van der Waals surface area contributed by atoms with Crippen LogP contribution in [0.4, 0.5) is 5.69 Å². The van der Waals surface area contributed by atoms with Crippen molar-refractivity contribution in [2.75, 3.05) is 18.8 Å². The fourth-order valence-corrected chi connectivity index (χ4v) is 4.12. The van der Waals surface area contributed by atoms with Gasteiger partial charge in [0, 0.05) is 18.1 Å². The number of rotatable bonds is 2. The molecule has 0 saturated carbocycles. The molecule has 0 bridgehead atoms. The number of benzene rings is 1. The first-order chi connectivity index (χ1) is 8.82. The highest BCUT2D eigenvalue weighted by molar-refractivity contribution is 7.89. The van der Waals surface area contributed by atoms with Gasteiger partial charge in [-0.05, 0) is 30.5 Å². The highest BCUT2D eigenvalue weighted by Crippen LogP contribution is 2.29. The maximum atomic E-state index is 12.5. The van der Waals surface area contributed by atoms with Crippen LogP contribution < -0.4 is 5.73 Å². The summed E-state index contributed by atoms with van der Waals surface area (Å²) in [5.41, 5.74) is 5.91. The molecular weight excluding hydrogens is 288 g/mol. The Bertz CT molecular complexity index is 576. The lowest BCUT2D eigenvalue weighted by Crippen LogP contribution is -2.45. The zero-order valence-electron chi connectivity index (χ0n) is 10.6. The maximum absolute atomic E-state index is 12.5. The topological polar surface area (TPSA) is 83.6 Å². The first-order valence-electron chi connectivity index (χ1n) is 6.05. The molecule has 5 nitrogen and oxygen atoms in total. The third-order valence-corrected chi connectivity index (χ3v) is 5.57. The van der Waals surface area contributed by atoms with Gasteiger partial charge < -0.3 is 10.8 Å². The lowest BCUT2D eigenvalue weighted by molar-refractivity contribution is 0.0629. The summed E-state index contributed by atoms with van der Waals surface area (Å²) < 4.78 is 26.4. The molecule has 0 radical (unpaired) electrons. The Kier molecular flexibility index (Phi) is 4.06. The van der Waals surface area contributed by atoms with E-state index in [0.717, 1.165) is 0 Å². The monoisotopic (exact) mass is 304 g/mol. The molecule has 19 heavy (non-hydrogen) atoms. The molecule has 0 aromatic heterocycles. The minimum Gasteiger partial charge on any atom is -0.398 e. The smallest absolute Gasteiger partial charge is 0.245 e. The third-order valence-electron chi connectivity index (χ3n) is 3.42. The number of anilines is 1. The fraction of sp³-hybridized carbons (Fsp3) is 0.500. The van der Waals surface area contributed by atoms with Gasteiger partial charge in [-0.3, -0.25) is 0 Å². The van der Waals surface area contributed by atoms with Gasteiger partial charge in [-0.1, -0.05) is 18.5 Å². The normalized spacial score (nSPS) is 25.4. The summed E-state index contributed by atoms with van der Waals surface area (Å²) in [4.78, 5) is 0.0311. The molecule has 2 rings (SSSR count). The van der Waals surface area contributed by atoms with E-state index in [9.17, 15) is 13.5 Å². The lowest BCUT2D eigenvalue weighted by Gasteiger charge is -2.33. The van der Waals surface area contributed by atoms with Gasteiger partial charge >= 0.3 is 0 Å². The zero-order chi connectivity index (χ0) is 14.2. The van der Waals surface area contributed by atoms with Crippen LogP contribution in [-0.4, -0.2) is 37.0 Å². The largest absolute Gasteiger partial charge is 0.398 e. The first-order valence-corrected chi connectivity index (χ1v) is 7.87. The Morgan fingerprint density at radius 1 is 1.47 bits per heavy atom. The molecule has 1 aliphatic rings. The van der Waals surface area contributed by atoms with Crippen LogP contribution in [0, 0.1) is 5.92 Å². The van der Waals surface area contributed by atoms with Gasteiger partial charge in [0.2, 0.25) is 10.0 Å². The molecule has 1 saturated heterocycles. The standard InChI is InChI=1S/C12H17ClN2O3S/c1-8-7-15(5-4-11(8)16)19(17,18)12-6-9(13)2-3-10(12)14/h2-3,6,8,11,16H,4-5,7,14H2,1H3. The number of halogens is 1. The van der Waals surface area contributed by atoms with Crippen LogP contribution in [0.5, 0.6) is 0 Å². The molecular formula is C12H17ClN2O3S. The average molecular weight is 305 g/mol. The van der Waals surface area contributed by atoms with Crippen molar-refractivity contribution in [2.45, 2.75) is 24.3 Å². The van der Waals surface area contributed by atoms with Crippen molar-refractivity contribution in [1.82, 2.24) is 4.31 Å². The van der Waals surface area contributed by atoms with Gasteiger partial charge in [0.15, 0.2) is 0 Å². The van der Waals surface area contributed by atoms with Crippen molar-refractivity contribution in [3.63, 3.8) is 0 Å². The minimum absolute atomic E-state index is 0.0311. The van der Waals surface area contributed by atoms with Crippen molar-refractivity contribution in [2.24, 2.45) is 5.92 Å². The number of nitrogen functional groups attached to an aromatic ring is 1. The number of piperidine rings is 1. The molecule has 1 heterocycles. The van der Waals surface area contributed by atoms with E-state index < -0.39 is 16.1 Å². The summed E-state index contributed by atoms with van der Waals surface area (Å²) in [6.07, 6.45) is -0.0240. The summed E-state index contributed by atoms with van der Waals surface area (Å²) in [5, 5.41) is 9.99. The highest BCUT2D eigenvalue weighted by Gasteiger charge is 2.33. The van der Waals surface area contributed by atoms with Crippen LogP contribution in [0.15, 0.2) is 23.1 Å². The molecule has 1 aromatic carbocycles. The van der Waals surface area contributed by atoms with Crippen molar-refractivity contribution >= 4 is 27.3 Å². The van der Waals surface area contributed by atoms with Gasteiger partial charge in [0.25, 0.3) is 0 Å². The van der Waals surface area contributed by atoms with Gasteiger partial charge in [-0.2, -0.15) is 4.31 Å². The van der Waals surface area contributed by atoms with E-state index in [1.807, 2.05) is 6.92 Å². The van der Waals surface area contributed by atoms with Crippen LogP contribution in [-0.2, 0) is 10.0 Å². The molecule has 1 fully saturated rings. The Labute approximate surface area is 118 Å². The van der Waals surface area contributed by atoms with Crippen LogP contribution in [0.3, 0.4) is 0 Å². The van der Waals surface area contributed by atoms with Crippen molar-refractivity contribution < 1.29 is 13.5 Å². The maximum Gasteiger partial charge on any atom is 0.245 e. The molecule has 0 spiro atoms. The van der Waals surface area contributed by atoms with Gasteiger partial charge in [-0.25, -0.2) is 8.42 Å². The Hall–Kier alpha value is -0.820. The SMILES string of the molecule is CC1CN(S(=O)(=O)c2cc(Cl)ccc2N)CCC1O. The van der Waals surface area contributed by atoms with E-state index >= 15 is 0 Å². The van der Waals surface area contributed by atoms with E-state index in [1.165, 1.54) is 16.4 Å². The highest BCUT2D eigenvalue weighted by atomic mass is 35.5. The second kappa shape index (κ2) is 5.28. The predicted molar refractivity (Wildman–Crippen MR) is 74.4 cm³/mol. The molecule has 1 aromatic rings. The van der Waals surface area contributed by atoms with Crippen LogP contribution in [0.25, 0.3) is 0 Å². The van der Waals surface area contributed by atoms with Crippen LogP contribution >= 0.6 is 11.6 Å². The number of hydrogen-bond donors (Lipinski definition) is 2. The van der Waals surface area contributed by atoms with Gasteiger partial charge in [-0.15, -0.1) is 0 Å². The Balaban J connectivity index is 2.35. The molecule has 1 aliphatic heterocycles. The van der Waals surface area contributed by atoms with Gasteiger partial charge in [0.1, 0.15) is 4.90 Å². The summed E-state index contributed by atoms with van der Waals surface area (Å²) in [6.45, 7) is 2.41. The van der Waals surface area contributed by atoms with Crippen molar-refractivity contribution in [3.05, 3.63) is 23.2 Å². The van der Waals surface area contributed by atoms with Crippen LogP contribution in [0.1, 0.15) is 13.3 Å². The molecule has 106 valence electrons. The Morgan fingerprint density at radius 3 is 2.79 bits per heavy atom. The molecule has 0 amide bonds. The minimum atomic E-state index is -3.66. The van der Waals surface area contributed by atoms with E-state index in [0.29, 0.717) is 18.0 Å². The summed E-state index contributed by atoms with van der Waals surface area (Å²) in [6, 6.07) is 4.40. The number of hydrogen-bond acceptors (Lipinski definition) is 4. The second-order valence-electron chi connectivity index (χ2n) is 4.88. The third kappa shape index (κ3) is 2.86. The quantitative estimate of drug-likeness (QED) is 0.807. The van der Waals surface area contributed by atoms with Gasteiger partial charge in [0.05, 0.1) is 11.8 Å². The summed E-state index contributed by atoms with van der Waals surface area (Å²) in [5.74, 6) is -0.0936. The molecule has 7 heteroatoms. The van der Waals surface area contributed by atoms with E-state index in [4.69, 9.17) is 17.3 Å². The van der Waals surface area contributed by atoms with E-state index in [1.54, 1.807) is 6.07 Å². The Morgan fingerprint density at radius 2 is 2.16 bits per heavy atom. The number of sulfonamides is 1. The van der Waals surface area contributed by atoms with Crippen molar-refractivity contribution in [1.29, 1.82) is 0 Å². The number of nitrogens with two attached hydrogens (primary N) is 1. The number of aliphatic hydroxyl groups is 1. The summed E-state index contributed by atoms with van der Waals surface area (Å²) in [7, 11) is -3.66. The lowest BCUT2D eigenvalue weighted by atomic mass is 9.99. The zero-order valence-corrected chi connectivity index (χ0v) is 12.2. The number of aliphatic hydroxyl groups excluding tert-OH is 1. The first kappa shape index (κ1) is 14.6. The summed E-state index contributed by atoms with van der Waals surface area (Å²) >= 11 is 5.84. The second-order valence-corrected chi connectivity index (χ2v) is 7.22. The fourth-order valence-electron chi connectivity index (χ4n) is 2.18. The van der Waals surface area contributed by atoms with E-state index in [-0.39, 0.29) is 23.0 Å². The number of nitrogens with zero attached hydrogens (tertiary/aromatic N) is 1. The molecule has 0 aliphatic carbocycles. The predicted octanol–water partition coefficient (Wildman–Crippen LogP) is 1.31. The molecule has 2 unspecified atom stereocenters. The van der Waals surface area contributed by atoms with Crippen LogP contribution in [0.2, 0.25) is 5.02 Å². The van der Waals surface area contributed by atoms with Crippen molar-refractivity contribution in [3.8, 4) is 0 Å². The van der Waals surface area contributed by atoms with E-state index in [2.05, 4.69) is 0 Å². The average Bonchev–Trinajstić information content (AvgIpc) is 2.35. The molecule has 3 N–H and O–H groups in total.